The zero-order valence-corrected chi connectivity index (χ0v) is 11.2. The van der Waals surface area contributed by atoms with Crippen molar-refractivity contribution in [1.82, 2.24) is 0 Å². The second-order valence-corrected chi connectivity index (χ2v) is 4.78. The van der Waals surface area contributed by atoms with Crippen LogP contribution in [0.1, 0.15) is 0 Å². The van der Waals surface area contributed by atoms with Crippen LogP contribution in [0, 0.1) is 0 Å². The van der Waals surface area contributed by atoms with Crippen LogP contribution in [0.5, 0.6) is 0 Å². The molecule has 5 heteroatoms. The van der Waals surface area contributed by atoms with E-state index < -0.39 is 0 Å². The van der Waals surface area contributed by atoms with Crippen LogP contribution in [0.2, 0.25) is 0 Å². The van der Waals surface area contributed by atoms with Gasteiger partial charge in [0.25, 0.3) is 0 Å². The van der Waals surface area contributed by atoms with E-state index in [1.54, 1.807) is 7.11 Å². The first-order valence-electron chi connectivity index (χ1n) is 6.69. The number of hydrogen-bond acceptors (Lipinski definition) is 5. The van der Waals surface area contributed by atoms with Gasteiger partial charge < -0.3 is 24.0 Å². The molecule has 19 heavy (non-hydrogen) atoms. The van der Waals surface area contributed by atoms with Crippen LogP contribution in [0.3, 0.4) is 0 Å². The van der Waals surface area contributed by atoms with E-state index in [0.717, 1.165) is 26.4 Å². The highest BCUT2D eigenvalue weighted by Crippen LogP contribution is 2.35. The fourth-order valence-electron chi connectivity index (χ4n) is 2.60. The maximum atomic E-state index is 5.54. The number of rotatable bonds is 5. The molecule has 0 radical (unpaired) electrons. The predicted octanol–water partition coefficient (Wildman–Crippen LogP) is 1.29. The molecule has 0 N–H and O–H groups in total. The van der Waals surface area contributed by atoms with Crippen LogP contribution in [-0.4, -0.2) is 53.0 Å². The van der Waals surface area contributed by atoms with E-state index in [9.17, 15) is 0 Å². The van der Waals surface area contributed by atoms with Crippen molar-refractivity contribution in [2.24, 2.45) is 0 Å². The van der Waals surface area contributed by atoms with E-state index in [0.29, 0.717) is 13.2 Å². The molecule has 0 saturated carbocycles. The van der Waals surface area contributed by atoms with Gasteiger partial charge in [0.15, 0.2) is 6.29 Å². The maximum absolute atomic E-state index is 5.54. The summed E-state index contributed by atoms with van der Waals surface area (Å²) in [5.74, 6) is 0. The lowest BCUT2D eigenvalue weighted by Gasteiger charge is -2.23. The Morgan fingerprint density at radius 3 is 2.53 bits per heavy atom. The van der Waals surface area contributed by atoms with Crippen LogP contribution < -0.4 is 9.80 Å². The summed E-state index contributed by atoms with van der Waals surface area (Å²) < 4.78 is 16.3. The minimum absolute atomic E-state index is 0.101. The molecule has 0 aliphatic carbocycles. The van der Waals surface area contributed by atoms with Crippen LogP contribution >= 0.6 is 0 Å². The molecule has 104 valence electrons. The largest absolute Gasteiger partial charge is 0.383 e. The summed E-state index contributed by atoms with van der Waals surface area (Å²) in [6.45, 7) is 4.68. The number of ether oxygens (including phenoxy) is 3. The molecule has 0 atom stereocenters. The predicted molar refractivity (Wildman–Crippen MR) is 73.6 cm³/mol. The van der Waals surface area contributed by atoms with Gasteiger partial charge in [-0.05, 0) is 12.1 Å². The minimum Gasteiger partial charge on any atom is -0.383 e. The first-order chi connectivity index (χ1) is 9.38. The van der Waals surface area contributed by atoms with Crippen molar-refractivity contribution in [3.8, 4) is 0 Å². The lowest BCUT2D eigenvalue weighted by atomic mass is 10.2. The molecule has 0 unspecified atom stereocenters. The van der Waals surface area contributed by atoms with E-state index in [4.69, 9.17) is 14.2 Å². The molecule has 0 aromatic heterocycles. The number of benzene rings is 1. The average molecular weight is 264 g/mol. The second kappa shape index (κ2) is 5.77. The fourth-order valence-corrected chi connectivity index (χ4v) is 2.60. The van der Waals surface area contributed by atoms with Crippen LogP contribution in [0.15, 0.2) is 24.3 Å². The molecule has 2 heterocycles. The normalized spacial score (nSPS) is 19.2. The van der Waals surface area contributed by atoms with Gasteiger partial charge >= 0.3 is 0 Å². The molecule has 1 aromatic rings. The highest BCUT2D eigenvalue weighted by molar-refractivity contribution is 5.76. The van der Waals surface area contributed by atoms with Gasteiger partial charge in [0.1, 0.15) is 0 Å². The van der Waals surface area contributed by atoms with Gasteiger partial charge in [0, 0.05) is 13.7 Å². The van der Waals surface area contributed by atoms with Crippen LogP contribution in [0.4, 0.5) is 11.4 Å². The average Bonchev–Trinajstić information content (AvgIpc) is 3.06. The van der Waals surface area contributed by atoms with Gasteiger partial charge in [-0.3, -0.25) is 0 Å². The third-order valence-electron chi connectivity index (χ3n) is 3.53. The standard InChI is InChI=1S/C14H20N2O3/c1-17-7-6-15-11-16(10-14-18-8-9-19-14)13-5-3-2-4-12(13)15/h2-5,14H,6-11H2,1H3. The van der Waals surface area contributed by atoms with Crippen molar-refractivity contribution >= 4 is 11.4 Å². The Morgan fingerprint density at radius 2 is 1.84 bits per heavy atom. The van der Waals surface area contributed by atoms with Crippen molar-refractivity contribution < 1.29 is 14.2 Å². The molecule has 0 bridgehead atoms. The van der Waals surface area contributed by atoms with Gasteiger partial charge in [0.2, 0.25) is 0 Å². The highest BCUT2D eigenvalue weighted by Gasteiger charge is 2.28. The van der Waals surface area contributed by atoms with Crippen molar-refractivity contribution in [2.45, 2.75) is 6.29 Å². The maximum Gasteiger partial charge on any atom is 0.175 e. The number of anilines is 2. The lowest BCUT2D eigenvalue weighted by Crippen LogP contribution is -2.37. The van der Waals surface area contributed by atoms with Crippen LogP contribution in [0.25, 0.3) is 0 Å². The summed E-state index contributed by atoms with van der Waals surface area (Å²) in [7, 11) is 1.74. The van der Waals surface area contributed by atoms with Gasteiger partial charge in [-0.25, -0.2) is 0 Å². The third kappa shape index (κ3) is 2.68. The van der Waals surface area contributed by atoms with Crippen molar-refractivity contribution in [3.05, 3.63) is 24.3 Å². The zero-order chi connectivity index (χ0) is 13.1. The van der Waals surface area contributed by atoms with Crippen LogP contribution in [-0.2, 0) is 14.2 Å². The van der Waals surface area contributed by atoms with E-state index in [1.807, 2.05) is 0 Å². The molecular weight excluding hydrogens is 244 g/mol. The molecule has 0 spiro atoms. The smallest absolute Gasteiger partial charge is 0.175 e. The summed E-state index contributed by atoms with van der Waals surface area (Å²) in [6.07, 6.45) is -0.101. The van der Waals surface area contributed by atoms with Gasteiger partial charge in [-0.15, -0.1) is 0 Å². The molecule has 1 saturated heterocycles. The zero-order valence-electron chi connectivity index (χ0n) is 11.2. The third-order valence-corrected chi connectivity index (χ3v) is 3.53. The minimum atomic E-state index is -0.101. The molecule has 1 fully saturated rings. The topological polar surface area (TPSA) is 34.2 Å². The molecule has 1 aromatic carbocycles. The Kier molecular flexibility index (Phi) is 3.87. The molecule has 0 amide bonds. The summed E-state index contributed by atoms with van der Waals surface area (Å²) in [4.78, 5) is 4.63. The van der Waals surface area contributed by atoms with Crippen molar-refractivity contribution in [2.75, 3.05) is 56.5 Å². The Balaban J connectivity index is 1.72. The number of fused-ring (bicyclic) bond motifs is 1. The highest BCUT2D eigenvalue weighted by atomic mass is 16.7. The van der Waals surface area contributed by atoms with E-state index >= 15 is 0 Å². The summed E-state index contributed by atoms with van der Waals surface area (Å²) in [6, 6.07) is 8.45. The number of nitrogens with zero attached hydrogens (tertiary/aromatic N) is 2. The number of methoxy groups -OCH3 is 1. The molecule has 3 rings (SSSR count). The van der Waals surface area contributed by atoms with E-state index in [1.165, 1.54) is 11.4 Å². The SMILES string of the molecule is COCCN1CN(CC2OCCO2)c2ccccc21. The quantitative estimate of drug-likeness (QED) is 0.800. The lowest BCUT2D eigenvalue weighted by molar-refractivity contribution is -0.0340. The first-order valence-corrected chi connectivity index (χ1v) is 6.69. The number of hydrogen-bond donors (Lipinski definition) is 0. The summed E-state index contributed by atoms with van der Waals surface area (Å²) in [5, 5.41) is 0. The summed E-state index contributed by atoms with van der Waals surface area (Å²) >= 11 is 0. The van der Waals surface area contributed by atoms with Gasteiger partial charge in [-0.1, -0.05) is 12.1 Å². The first kappa shape index (κ1) is 12.7. The fraction of sp³-hybridized carbons (Fsp3) is 0.571. The Bertz CT molecular complexity index is 421. The van der Waals surface area contributed by atoms with E-state index in [2.05, 4.69) is 34.1 Å². The number of para-hydroxylation sites is 2. The second-order valence-electron chi connectivity index (χ2n) is 4.78. The van der Waals surface area contributed by atoms with E-state index in [-0.39, 0.29) is 6.29 Å². The van der Waals surface area contributed by atoms with Gasteiger partial charge in [-0.2, -0.15) is 0 Å². The molecular formula is C14H20N2O3. The molecule has 5 nitrogen and oxygen atoms in total. The Hall–Kier alpha value is -1.30. The van der Waals surface area contributed by atoms with Crippen molar-refractivity contribution in [1.29, 1.82) is 0 Å². The Labute approximate surface area is 113 Å². The molecule has 2 aliphatic rings. The molecule has 2 aliphatic heterocycles. The Morgan fingerprint density at radius 1 is 1.16 bits per heavy atom. The summed E-state index contributed by atoms with van der Waals surface area (Å²) in [5.41, 5.74) is 2.51. The van der Waals surface area contributed by atoms with Crippen molar-refractivity contribution in [3.63, 3.8) is 0 Å². The monoisotopic (exact) mass is 264 g/mol. The van der Waals surface area contributed by atoms with Gasteiger partial charge in [0.05, 0.1) is 44.4 Å².